The van der Waals surface area contributed by atoms with Crippen molar-refractivity contribution >= 4 is 54.2 Å². The van der Waals surface area contributed by atoms with Gasteiger partial charge in [0.1, 0.15) is 0 Å². The van der Waals surface area contributed by atoms with Gasteiger partial charge in [0.15, 0.2) is 5.16 Å². The van der Waals surface area contributed by atoms with Gasteiger partial charge in [0, 0.05) is 10.2 Å². The fraction of sp³-hybridized carbons (Fsp3) is 0.0667. The zero-order chi connectivity index (χ0) is 14.2. The Kier molecular flexibility index (Phi) is 3.45. The molecule has 0 atom stereocenters. The predicted molar refractivity (Wildman–Crippen MR) is 92.1 cm³/mol. The second-order valence-corrected chi connectivity index (χ2v) is 7.36. The summed E-state index contributed by atoms with van der Waals surface area (Å²) in [6, 6.07) is 16.6. The summed E-state index contributed by atoms with van der Waals surface area (Å²) >= 11 is 6.97. The van der Waals surface area contributed by atoms with Gasteiger partial charge < -0.3 is 0 Å². The quantitative estimate of drug-likeness (QED) is 0.472. The number of halogens is 1. The van der Waals surface area contributed by atoms with Crippen LogP contribution in [0.4, 0.5) is 0 Å². The minimum absolute atomic E-state index is 0.867. The number of hydrogen-bond acceptors (Lipinski definition) is 4. The first-order valence-electron chi connectivity index (χ1n) is 6.42. The molecule has 0 fully saturated rings. The number of thioether (sulfide) groups is 1. The van der Waals surface area contributed by atoms with Crippen molar-refractivity contribution in [2.45, 2.75) is 10.9 Å². The van der Waals surface area contributed by atoms with Crippen molar-refractivity contribution in [1.29, 1.82) is 0 Å². The van der Waals surface area contributed by atoms with E-state index < -0.39 is 0 Å². The second-order valence-electron chi connectivity index (χ2n) is 4.55. The number of thiazole rings is 1. The zero-order valence-electron chi connectivity index (χ0n) is 10.9. The lowest BCUT2D eigenvalue weighted by Gasteiger charge is -2.02. The molecule has 0 aliphatic rings. The summed E-state index contributed by atoms with van der Waals surface area (Å²) in [4.78, 5) is 0.950. The molecule has 0 radical (unpaired) electrons. The lowest BCUT2D eigenvalue weighted by molar-refractivity contribution is 0.940. The molecule has 0 saturated heterocycles. The normalized spacial score (nSPS) is 11.5. The van der Waals surface area contributed by atoms with Crippen molar-refractivity contribution in [1.82, 2.24) is 14.6 Å². The van der Waals surface area contributed by atoms with Crippen LogP contribution in [0.15, 0.2) is 58.2 Å². The SMILES string of the molecule is Brc1ccccc1CSc1nnc2sc3ccccc3n12. The van der Waals surface area contributed by atoms with Gasteiger partial charge in [0.25, 0.3) is 0 Å². The lowest BCUT2D eigenvalue weighted by Crippen LogP contribution is -1.87. The Bertz CT molecular complexity index is 929. The molecule has 3 nitrogen and oxygen atoms in total. The Labute approximate surface area is 138 Å². The minimum atomic E-state index is 0.867. The van der Waals surface area contributed by atoms with Gasteiger partial charge in [-0.25, -0.2) is 0 Å². The van der Waals surface area contributed by atoms with Gasteiger partial charge in [-0.05, 0) is 23.8 Å². The first kappa shape index (κ1) is 13.3. The molecule has 0 aliphatic heterocycles. The molecule has 0 N–H and O–H groups in total. The van der Waals surface area contributed by atoms with Crippen LogP contribution in [0.25, 0.3) is 15.2 Å². The van der Waals surface area contributed by atoms with Crippen molar-refractivity contribution in [2.24, 2.45) is 0 Å². The molecule has 0 amide bonds. The molecule has 2 aromatic heterocycles. The molecule has 0 spiro atoms. The summed E-state index contributed by atoms with van der Waals surface area (Å²) in [7, 11) is 0. The van der Waals surface area contributed by atoms with E-state index in [4.69, 9.17) is 0 Å². The maximum Gasteiger partial charge on any atom is 0.217 e. The smallest absolute Gasteiger partial charge is 0.217 e. The van der Waals surface area contributed by atoms with Crippen LogP contribution >= 0.6 is 39.0 Å². The summed E-state index contributed by atoms with van der Waals surface area (Å²) in [5.41, 5.74) is 2.44. The third-order valence-electron chi connectivity index (χ3n) is 3.23. The van der Waals surface area contributed by atoms with E-state index in [1.165, 1.54) is 15.8 Å². The first-order valence-corrected chi connectivity index (χ1v) is 9.01. The van der Waals surface area contributed by atoms with E-state index in [0.29, 0.717) is 0 Å². The summed E-state index contributed by atoms with van der Waals surface area (Å²) < 4.78 is 4.51. The molecule has 2 aromatic carbocycles. The third kappa shape index (κ3) is 2.37. The van der Waals surface area contributed by atoms with E-state index in [-0.39, 0.29) is 0 Å². The van der Waals surface area contributed by atoms with E-state index in [9.17, 15) is 0 Å². The van der Waals surface area contributed by atoms with Crippen LogP contribution < -0.4 is 0 Å². The number of benzene rings is 2. The number of fused-ring (bicyclic) bond motifs is 3. The molecule has 0 unspecified atom stereocenters. The highest BCUT2D eigenvalue weighted by molar-refractivity contribution is 9.10. The van der Waals surface area contributed by atoms with Crippen LogP contribution in [0.2, 0.25) is 0 Å². The standard InChI is InChI=1S/C15H10BrN3S2/c16-11-6-2-1-5-10(11)9-20-14-17-18-15-19(14)12-7-3-4-8-13(12)21-15/h1-8H,9H2. The van der Waals surface area contributed by atoms with Gasteiger partial charge in [0.2, 0.25) is 4.96 Å². The van der Waals surface area contributed by atoms with Crippen molar-refractivity contribution in [3.05, 3.63) is 58.6 Å². The molecule has 4 aromatic rings. The molecule has 0 bridgehead atoms. The predicted octanol–water partition coefficient (Wildman–Crippen LogP) is 5.00. The van der Waals surface area contributed by atoms with Crippen LogP contribution in [-0.4, -0.2) is 14.6 Å². The molecule has 2 heterocycles. The van der Waals surface area contributed by atoms with Gasteiger partial charge in [-0.1, -0.05) is 69.4 Å². The van der Waals surface area contributed by atoms with E-state index in [0.717, 1.165) is 20.3 Å². The number of hydrogen-bond donors (Lipinski definition) is 0. The molecule has 4 rings (SSSR count). The van der Waals surface area contributed by atoms with Crippen LogP contribution in [0.5, 0.6) is 0 Å². The Morgan fingerprint density at radius 2 is 1.86 bits per heavy atom. The lowest BCUT2D eigenvalue weighted by atomic mass is 10.2. The number of nitrogens with zero attached hydrogens (tertiary/aromatic N) is 3. The number of aromatic nitrogens is 3. The summed E-state index contributed by atoms with van der Waals surface area (Å²) in [5, 5.41) is 9.55. The molecule has 0 aliphatic carbocycles. The van der Waals surface area contributed by atoms with Gasteiger partial charge in [-0.2, -0.15) is 0 Å². The Morgan fingerprint density at radius 1 is 1.05 bits per heavy atom. The van der Waals surface area contributed by atoms with Crippen LogP contribution in [-0.2, 0) is 5.75 Å². The van der Waals surface area contributed by atoms with Crippen LogP contribution in [0.1, 0.15) is 5.56 Å². The second kappa shape index (κ2) is 5.44. The van der Waals surface area contributed by atoms with Crippen LogP contribution in [0.3, 0.4) is 0 Å². The van der Waals surface area contributed by atoms with Crippen molar-refractivity contribution in [2.75, 3.05) is 0 Å². The van der Waals surface area contributed by atoms with Gasteiger partial charge in [-0.3, -0.25) is 4.40 Å². The fourth-order valence-corrected chi connectivity index (χ4v) is 4.79. The van der Waals surface area contributed by atoms with Crippen molar-refractivity contribution in [3.63, 3.8) is 0 Å². The molecule has 104 valence electrons. The van der Waals surface area contributed by atoms with Gasteiger partial charge >= 0.3 is 0 Å². The minimum Gasteiger partial charge on any atom is -0.260 e. The fourth-order valence-electron chi connectivity index (χ4n) is 2.21. The summed E-state index contributed by atoms with van der Waals surface area (Å²) in [5.74, 6) is 0.867. The van der Waals surface area contributed by atoms with Gasteiger partial charge in [-0.15, -0.1) is 10.2 Å². The highest BCUT2D eigenvalue weighted by atomic mass is 79.9. The van der Waals surface area contributed by atoms with Crippen molar-refractivity contribution in [3.8, 4) is 0 Å². The summed E-state index contributed by atoms with van der Waals surface area (Å²) in [6.45, 7) is 0. The number of rotatable bonds is 3. The largest absolute Gasteiger partial charge is 0.260 e. The van der Waals surface area contributed by atoms with E-state index in [1.54, 1.807) is 23.1 Å². The zero-order valence-corrected chi connectivity index (χ0v) is 14.1. The van der Waals surface area contributed by atoms with E-state index in [2.05, 4.69) is 73.0 Å². The maximum atomic E-state index is 4.32. The van der Waals surface area contributed by atoms with E-state index in [1.807, 2.05) is 6.07 Å². The highest BCUT2D eigenvalue weighted by Gasteiger charge is 2.12. The van der Waals surface area contributed by atoms with Crippen LogP contribution in [0, 0.1) is 0 Å². The molecule has 0 saturated carbocycles. The van der Waals surface area contributed by atoms with Crippen molar-refractivity contribution < 1.29 is 0 Å². The monoisotopic (exact) mass is 375 g/mol. The Hall–Kier alpha value is -1.37. The average molecular weight is 376 g/mol. The average Bonchev–Trinajstić information content (AvgIpc) is 3.05. The van der Waals surface area contributed by atoms with E-state index >= 15 is 0 Å². The Morgan fingerprint density at radius 3 is 2.76 bits per heavy atom. The third-order valence-corrected chi connectivity index (χ3v) is 5.99. The Balaban J connectivity index is 1.72. The molecule has 21 heavy (non-hydrogen) atoms. The highest BCUT2D eigenvalue weighted by Crippen LogP contribution is 2.31. The molecular weight excluding hydrogens is 366 g/mol. The molecular formula is C15H10BrN3S2. The summed E-state index contributed by atoms with van der Waals surface area (Å²) in [6.07, 6.45) is 0. The topological polar surface area (TPSA) is 30.2 Å². The first-order chi connectivity index (χ1) is 10.3. The maximum absolute atomic E-state index is 4.32. The number of para-hydroxylation sites is 1. The molecule has 6 heteroatoms. The van der Waals surface area contributed by atoms with Gasteiger partial charge in [0.05, 0.1) is 10.2 Å².